The van der Waals surface area contributed by atoms with Crippen LogP contribution in [0, 0.1) is 13.8 Å². The topological polar surface area (TPSA) is 113 Å². The molecule has 1 aliphatic heterocycles. The molecule has 1 aromatic carbocycles. The lowest BCUT2D eigenvalue weighted by atomic mass is 10.1. The molecule has 0 spiro atoms. The van der Waals surface area contributed by atoms with Crippen LogP contribution in [0.4, 0.5) is 0 Å². The van der Waals surface area contributed by atoms with Crippen LogP contribution in [0.2, 0.25) is 0 Å². The zero-order valence-electron chi connectivity index (χ0n) is 14.4. The maximum absolute atomic E-state index is 12.9. The molecule has 1 fully saturated rings. The Hall–Kier alpha value is -1.97. The first-order valence-electron chi connectivity index (χ1n) is 7.81. The Morgan fingerprint density at radius 2 is 2.00 bits per heavy atom. The molecular formula is C16H22N2O6S. The summed E-state index contributed by atoms with van der Waals surface area (Å²) in [5.41, 5.74) is 1.75. The van der Waals surface area contributed by atoms with Gasteiger partial charge in [0.15, 0.2) is 6.61 Å². The number of aliphatic hydroxyl groups excluding tert-OH is 1. The average molecular weight is 370 g/mol. The van der Waals surface area contributed by atoms with Gasteiger partial charge in [0.1, 0.15) is 6.04 Å². The van der Waals surface area contributed by atoms with Crippen molar-refractivity contribution in [1.82, 2.24) is 9.62 Å². The summed E-state index contributed by atoms with van der Waals surface area (Å²) in [7, 11) is -2.58. The van der Waals surface area contributed by atoms with Crippen LogP contribution in [0.25, 0.3) is 0 Å². The van der Waals surface area contributed by atoms with Crippen molar-refractivity contribution in [3.63, 3.8) is 0 Å². The first-order valence-corrected chi connectivity index (χ1v) is 9.25. The van der Waals surface area contributed by atoms with Crippen molar-refractivity contribution >= 4 is 21.9 Å². The summed E-state index contributed by atoms with van der Waals surface area (Å²) in [6.45, 7) is 2.96. The summed E-state index contributed by atoms with van der Waals surface area (Å²) >= 11 is 0. The van der Waals surface area contributed by atoms with E-state index in [0.717, 1.165) is 15.4 Å². The lowest BCUT2D eigenvalue weighted by Crippen LogP contribution is -2.42. The molecule has 1 aromatic rings. The van der Waals surface area contributed by atoms with E-state index >= 15 is 0 Å². The fourth-order valence-electron chi connectivity index (χ4n) is 2.58. The van der Waals surface area contributed by atoms with Gasteiger partial charge in [-0.1, -0.05) is 6.07 Å². The molecule has 1 unspecified atom stereocenters. The van der Waals surface area contributed by atoms with Gasteiger partial charge in [0, 0.05) is 20.0 Å². The highest BCUT2D eigenvalue weighted by Gasteiger charge is 2.44. The number of aryl methyl sites for hydroxylation is 2. The molecule has 2 N–H and O–H groups in total. The van der Waals surface area contributed by atoms with Crippen LogP contribution in [-0.2, 0) is 24.3 Å². The lowest BCUT2D eigenvalue weighted by Gasteiger charge is -2.22. The molecule has 0 bridgehead atoms. The Morgan fingerprint density at radius 1 is 1.32 bits per heavy atom. The molecule has 0 radical (unpaired) electrons. The van der Waals surface area contributed by atoms with Crippen molar-refractivity contribution in [1.29, 1.82) is 0 Å². The summed E-state index contributed by atoms with van der Waals surface area (Å²) in [5, 5.41) is 12.2. The standard InChI is InChI=1S/C16H22N2O6S/c1-10-4-5-13(6-11(10)2)25(22,23)18-8-12(19)7-14(18)16(21)24-9-15(20)17-3/h4-6,12,14,19H,7-9H2,1-3H3,(H,17,20)/t12?,14-/m0/s1. The number of ether oxygens (including phenoxy) is 1. The van der Waals surface area contributed by atoms with Crippen molar-refractivity contribution in [2.24, 2.45) is 0 Å². The normalized spacial score (nSPS) is 21.1. The van der Waals surface area contributed by atoms with Gasteiger partial charge in [0.2, 0.25) is 10.0 Å². The maximum Gasteiger partial charge on any atom is 0.325 e. The van der Waals surface area contributed by atoms with E-state index in [0.29, 0.717) is 0 Å². The van der Waals surface area contributed by atoms with Gasteiger partial charge in [-0.3, -0.25) is 9.59 Å². The highest BCUT2D eigenvalue weighted by Crippen LogP contribution is 2.28. The van der Waals surface area contributed by atoms with E-state index in [1.165, 1.54) is 19.2 Å². The number of rotatable bonds is 5. The smallest absolute Gasteiger partial charge is 0.325 e. The number of carbonyl (C=O) groups excluding carboxylic acids is 2. The van der Waals surface area contributed by atoms with Crippen molar-refractivity contribution in [3.05, 3.63) is 29.3 Å². The maximum atomic E-state index is 12.9. The zero-order valence-corrected chi connectivity index (χ0v) is 15.2. The highest BCUT2D eigenvalue weighted by atomic mass is 32.2. The molecule has 25 heavy (non-hydrogen) atoms. The van der Waals surface area contributed by atoms with E-state index in [-0.39, 0.29) is 17.9 Å². The minimum absolute atomic E-state index is 0.0498. The third-order valence-corrected chi connectivity index (χ3v) is 6.09. The molecule has 1 aliphatic rings. The summed E-state index contributed by atoms with van der Waals surface area (Å²) in [4.78, 5) is 23.4. The van der Waals surface area contributed by atoms with E-state index in [4.69, 9.17) is 4.74 Å². The Bertz CT molecular complexity index is 777. The Kier molecular flexibility index (Phi) is 5.81. The second kappa shape index (κ2) is 7.51. The Labute approximate surface area is 146 Å². The number of esters is 1. The fraction of sp³-hybridized carbons (Fsp3) is 0.500. The molecule has 1 amide bonds. The van der Waals surface area contributed by atoms with E-state index in [1.807, 2.05) is 6.92 Å². The Balaban J connectivity index is 2.26. The minimum atomic E-state index is -3.98. The summed E-state index contributed by atoms with van der Waals surface area (Å²) in [5.74, 6) is -1.36. The second-order valence-corrected chi connectivity index (χ2v) is 7.90. The number of sulfonamides is 1. The van der Waals surface area contributed by atoms with Crippen LogP contribution in [0.15, 0.2) is 23.1 Å². The quantitative estimate of drug-likeness (QED) is 0.689. The van der Waals surface area contributed by atoms with Crippen LogP contribution in [0.5, 0.6) is 0 Å². The van der Waals surface area contributed by atoms with Crippen LogP contribution >= 0.6 is 0 Å². The molecule has 1 heterocycles. The molecule has 0 aromatic heterocycles. The number of hydrogen-bond acceptors (Lipinski definition) is 6. The summed E-state index contributed by atoms with van der Waals surface area (Å²) in [6, 6.07) is 3.52. The van der Waals surface area contributed by atoms with Gasteiger partial charge in [-0.05, 0) is 37.1 Å². The largest absolute Gasteiger partial charge is 0.454 e. The number of amides is 1. The number of nitrogens with one attached hydrogen (secondary N) is 1. The van der Waals surface area contributed by atoms with E-state index in [9.17, 15) is 23.1 Å². The van der Waals surface area contributed by atoms with Crippen molar-refractivity contribution < 1.29 is 27.9 Å². The monoisotopic (exact) mass is 370 g/mol. The first-order chi connectivity index (χ1) is 11.7. The molecule has 0 aliphatic carbocycles. The van der Waals surface area contributed by atoms with Gasteiger partial charge in [-0.15, -0.1) is 0 Å². The SMILES string of the molecule is CNC(=O)COC(=O)[C@@H]1CC(O)CN1S(=O)(=O)c1ccc(C)c(C)c1. The number of aliphatic hydroxyl groups is 1. The van der Waals surface area contributed by atoms with Gasteiger partial charge in [-0.2, -0.15) is 4.31 Å². The van der Waals surface area contributed by atoms with Crippen LogP contribution in [0.3, 0.4) is 0 Å². The average Bonchev–Trinajstić information content (AvgIpc) is 2.97. The highest BCUT2D eigenvalue weighted by molar-refractivity contribution is 7.89. The third-order valence-electron chi connectivity index (χ3n) is 4.22. The van der Waals surface area contributed by atoms with Gasteiger partial charge in [-0.25, -0.2) is 8.42 Å². The number of hydrogen-bond donors (Lipinski definition) is 2. The van der Waals surface area contributed by atoms with Gasteiger partial charge >= 0.3 is 5.97 Å². The van der Waals surface area contributed by atoms with Crippen LogP contribution in [-0.4, -0.2) is 62.1 Å². The van der Waals surface area contributed by atoms with Crippen molar-refractivity contribution in [2.45, 2.75) is 37.3 Å². The molecule has 9 heteroatoms. The second-order valence-electron chi connectivity index (χ2n) is 6.01. The molecule has 0 saturated carbocycles. The van der Waals surface area contributed by atoms with Gasteiger partial charge in [0.05, 0.1) is 11.0 Å². The van der Waals surface area contributed by atoms with Crippen molar-refractivity contribution in [3.8, 4) is 0 Å². The first kappa shape index (κ1) is 19.4. The summed E-state index contributed by atoms with van der Waals surface area (Å²) < 4.78 is 31.6. The van der Waals surface area contributed by atoms with E-state index in [2.05, 4.69) is 5.32 Å². The predicted octanol–water partition coefficient (Wildman–Crippen LogP) is -0.283. The number of β-amino-alcohol motifs (C(OH)–C–C–N with tert-alkyl or cyclic N) is 1. The number of nitrogens with zero attached hydrogens (tertiary/aromatic N) is 1. The van der Waals surface area contributed by atoms with Gasteiger partial charge < -0.3 is 15.2 Å². The molecule has 1 saturated heterocycles. The zero-order chi connectivity index (χ0) is 18.8. The molecular weight excluding hydrogens is 348 g/mol. The number of likely N-dealkylation sites (N-methyl/N-ethyl adjacent to an activating group) is 1. The number of benzene rings is 1. The molecule has 2 rings (SSSR count). The molecule has 2 atom stereocenters. The van der Waals surface area contributed by atoms with E-state index < -0.39 is 40.7 Å². The fourth-order valence-corrected chi connectivity index (χ4v) is 4.29. The minimum Gasteiger partial charge on any atom is -0.454 e. The predicted molar refractivity (Wildman–Crippen MR) is 89.2 cm³/mol. The lowest BCUT2D eigenvalue weighted by molar-refractivity contribution is -0.151. The van der Waals surface area contributed by atoms with Gasteiger partial charge in [0.25, 0.3) is 5.91 Å². The van der Waals surface area contributed by atoms with Crippen LogP contribution < -0.4 is 5.32 Å². The third kappa shape index (κ3) is 4.17. The van der Waals surface area contributed by atoms with Crippen molar-refractivity contribution in [2.75, 3.05) is 20.2 Å². The Morgan fingerprint density at radius 3 is 2.60 bits per heavy atom. The van der Waals surface area contributed by atoms with Crippen LogP contribution in [0.1, 0.15) is 17.5 Å². The molecule has 8 nitrogen and oxygen atoms in total. The van der Waals surface area contributed by atoms with E-state index in [1.54, 1.807) is 13.0 Å². The number of carbonyl (C=O) groups is 2. The summed E-state index contributed by atoms with van der Waals surface area (Å²) in [6.07, 6.45) is -1.05. The molecule has 138 valence electrons.